The second-order valence-electron chi connectivity index (χ2n) is 2.81. The molecule has 4 atom stereocenters. The van der Waals surface area contributed by atoms with E-state index in [0.717, 1.165) is 0 Å². The van der Waals surface area contributed by atoms with Gasteiger partial charge in [-0.15, -0.1) is 0 Å². The van der Waals surface area contributed by atoms with Gasteiger partial charge in [0.15, 0.2) is 0 Å². The first-order chi connectivity index (χ1) is 6.04. The molecule has 0 aliphatic carbocycles. The molecule has 6 heteroatoms. The van der Waals surface area contributed by atoms with Gasteiger partial charge in [-0.25, -0.2) is 0 Å². The lowest BCUT2D eigenvalue weighted by atomic mass is 10.0. The van der Waals surface area contributed by atoms with Gasteiger partial charge in [0.2, 0.25) is 0 Å². The molecule has 0 aliphatic heterocycles. The summed E-state index contributed by atoms with van der Waals surface area (Å²) in [5.74, 6) is 0. The summed E-state index contributed by atoms with van der Waals surface area (Å²) >= 11 is 0. The Morgan fingerprint density at radius 1 is 0.769 bits per heavy atom. The summed E-state index contributed by atoms with van der Waals surface area (Å²) in [4.78, 5) is 0. The molecule has 6 nitrogen and oxygen atoms in total. The van der Waals surface area contributed by atoms with Gasteiger partial charge < -0.3 is 30.6 Å². The van der Waals surface area contributed by atoms with Crippen molar-refractivity contribution in [1.82, 2.24) is 0 Å². The predicted octanol–water partition coefficient (Wildman–Crippen LogP) is -3.20. The second kappa shape index (κ2) is 6.25. The fourth-order valence-corrected chi connectivity index (χ4v) is 0.866. The van der Waals surface area contributed by atoms with Crippen molar-refractivity contribution in [1.29, 1.82) is 0 Å². The van der Waals surface area contributed by atoms with Crippen LogP contribution < -0.4 is 0 Å². The second-order valence-corrected chi connectivity index (χ2v) is 2.81. The molecule has 13 heavy (non-hydrogen) atoms. The molecule has 80 valence electrons. The first-order valence-corrected chi connectivity index (χ1v) is 3.98. The molecule has 6 N–H and O–H groups in total. The van der Waals surface area contributed by atoms with E-state index < -0.39 is 31.0 Å². The van der Waals surface area contributed by atoms with E-state index in [4.69, 9.17) is 30.6 Å². The first kappa shape index (κ1) is 12.8. The summed E-state index contributed by atoms with van der Waals surface area (Å²) in [6.07, 6.45) is -6.11. The molecular weight excluding hydrogens is 180 g/mol. The molecule has 0 spiro atoms. The topological polar surface area (TPSA) is 121 Å². The summed E-state index contributed by atoms with van der Waals surface area (Å²) in [7, 11) is 0. The molecule has 0 heterocycles. The van der Waals surface area contributed by atoms with Crippen LogP contribution in [-0.2, 0) is 0 Å². The SMILES string of the molecule is OCC[C@@H](O)[C@H](O)[C@H](O)[C@@H](O)CO. The summed E-state index contributed by atoms with van der Waals surface area (Å²) in [5.41, 5.74) is 0. The molecular formula is C7H16O6. The Kier molecular flexibility index (Phi) is 6.13. The Balaban J connectivity index is 3.99. The lowest BCUT2D eigenvalue weighted by Crippen LogP contribution is -2.46. The van der Waals surface area contributed by atoms with Gasteiger partial charge in [0.1, 0.15) is 18.3 Å². The number of rotatable bonds is 6. The minimum absolute atomic E-state index is 0.101. The van der Waals surface area contributed by atoms with Crippen molar-refractivity contribution in [3.05, 3.63) is 0 Å². The fourth-order valence-electron chi connectivity index (χ4n) is 0.866. The van der Waals surface area contributed by atoms with Gasteiger partial charge in [-0.2, -0.15) is 0 Å². The van der Waals surface area contributed by atoms with Gasteiger partial charge in [0.05, 0.1) is 12.7 Å². The van der Waals surface area contributed by atoms with Crippen molar-refractivity contribution >= 4 is 0 Å². The van der Waals surface area contributed by atoms with Crippen molar-refractivity contribution in [3.8, 4) is 0 Å². The maximum absolute atomic E-state index is 9.14. The van der Waals surface area contributed by atoms with Crippen molar-refractivity contribution < 1.29 is 30.6 Å². The lowest BCUT2D eigenvalue weighted by molar-refractivity contribution is -0.118. The van der Waals surface area contributed by atoms with Crippen LogP contribution in [0.15, 0.2) is 0 Å². The average molecular weight is 196 g/mol. The third kappa shape index (κ3) is 3.99. The molecule has 0 unspecified atom stereocenters. The van der Waals surface area contributed by atoms with Gasteiger partial charge in [-0.05, 0) is 6.42 Å². The highest BCUT2D eigenvalue weighted by molar-refractivity contribution is 4.80. The normalized spacial score (nSPS) is 20.8. The first-order valence-electron chi connectivity index (χ1n) is 3.98. The molecule has 0 aliphatic rings. The van der Waals surface area contributed by atoms with Gasteiger partial charge in [-0.3, -0.25) is 0 Å². The molecule has 0 rings (SSSR count). The maximum Gasteiger partial charge on any atom is 0.110 e. The van der Waals surface area contributed by atoms with E-state index in [1.807, 2.05) is 0 Å². The number of aliphatic hydroxyl groups excluding tert-OH is 6. The van der Waals surface area contributed by atoms with Crippen LogP contribution in [-0.4, -0.2) is 68.3 Å². The summed E-state index contributed by atoms with van der Waals surface area (Å²) in [5, 5.41) is 53.0. The third-order valence-corrected chi connectivity index (χ3v) is 1.75. The highest BCUT2D eigenvalue weighted by Gasteiger charge is 2.29. The fraction of sp³-hybridized carbons (Fsp3) is 1.00. The molecule has 0 aromatic carbocycles. The van der Waals surface area contributed by atoms with Crippen LogP contribution in [0.3, 0.4) is 0 Å². The van der Waals surface area contributed by atoms with Crippen molar-refractivity contribution in [3.63, 3.8) is 0 Å². The maximum atomic E-state index is 9.14. The van der Waals surface area contributed by atoms with E-state index in [9.17, 15) is 0 Å². The molecule has 0 aromatic rings. The smallest absolute Gasteiger partial charge is 0.110 e. The summed E-state index contributed by atoms with van der Waals surface area (Å²) in [6, 6.07) is 0. The Hall–Kier alpha value is -0.240. The zero-order chi connectivity index (χ0) is 10.4. The quantitative estimate of drug-likeness (QED) is 0.266. The minimum Gasteiger partial charge on any atom is -0.396 e. The molecule has 0 radical (unpaired) electrons. The van der Waals surface area contributed by atoms with E-state index in [2.05, 4.69) is 0 Å². The van der Waals surface area contributed by atoms with E-state index >= 15 is 0 Å². The Labute approximate surface area is 75.7 Å². The van der Waals surface area contributed by atoms with E-state index in [1.54, 1.807) is 0 Å². The van der Waals surface area contributed by atoms with Crippen LogP contribution in [0, 0.1) is 0 Å². The van der Waals surface area contributed by atoms with Crippen LogP contribution >= 0.6 is 0 Å². The zero-order valence-corrected chi connectivity index (χ0v) is 7.11. The number of hydrogen-bond donors (Lipinski definition) is 6. The van der Waals surface area contributed by atoms with Gasteiger partial charge in [0, 0.05) is 6.61 Å². The van der Waals surface area contributed by atoms with Crippen LogP contribution in [0.5, 0.6) is 0 Å². The Morgan fingerprint density at radius 2 is 1.23 bits per heavy atom. The van der Waals surface area contributed by atoms with E-state index in [1.165, 1.54) is 0 Å². The van der Waals surface area contributed by atoms with Crippen LogP contribution in [0.4, 0.5) is 0 Å². The predicted molar refractivity (Wildman–Crippen MR) is 42.8 cm³/mol. The minimum atomic E-state index is -1.62. The molecule has 0 fully saturated rings. The molecule has 0 saturated heterocycles. The number of aliphatic hydroxyl groups is 6. The van der Waals surface area contributed by atoms with Crippen molar-refractivity contribution in [2.75, 3.05) is 13.2 Å². The Morgan fingerprint density at radius 3 is 1.62 bits per heavy atom. The van der Waals surface area contributed by atoms with Gasteiger partial charge >= 0.3 is 0 Å². The average Bonchev–Trinajstić information content (AvgIpc) is 2.14. The highest BCUT2D eigenvalue weighted by Crippen LogP contribution is 2.07. The van der Waals surface area contributed by atoms with Crippen LogP contribution in [0.25, 0.3) is 0 Å². The molecule has 0 aromatic heterocycles. The standard InChI is InChI=1S/C7H16O6/c8-2-1-4(10)6(12)7(13)5(11)3-9/h4-13H,1-3H2/t4-,5+,6+,7-/m1/s1. The van der Waals surface area contributed by atoms with Crippen molar-refractivity contribution in [2.45, 2.75) is 30.8 Å². The molecule has 0 amide bonds. The zero-order valence-electron chi connectivity index (χ0n) is 7.11. The Bertz CT molecular complexity index is 130. The number of hydrogen-bond acceptors (Lipinski definition) is 6. The molecule has 0 saturated carbocycles. The third-order valence-electron chi connectivity index (χ3n) is 1.75. The highest BCUT2D eigenvalue weighted by atomic mass is 16.4. The van der Waals surface area contributed by atoms with Gasteiger partial charge in [0.25, 0.3) is 0 Å². The van der Waals surface area contributed by atoms with Crippen molar-refractivity contribution in [2.24, 2.45) is 0 Å². The monoisotopic (exact) mass is 196 g/mol. The largest absolute Gasteiger partial charge is 0.396 e. The van der Waals surface area contributed by atoms with E-state index in [-0.39, 0.29) is 13.0 Å². The lowest BCUT2D eigenvalue weighted by Gasteiger charge is -2.25. The van der Waals surface area contributed by atoms with Crippen LogP contribution in [0.2, 0.25) is 0 Å². The summed E-state index contributed by atoms with van der Waals surface area (Å²) < 4.78 is 0. The molecule has 0 bridgehead atoms. The van der Waals surface area contributed by atoms with Crippen LogP contribution in [0.1, 0.15) is 6.42 Å². The summed E-state index contributed by atoms with van der Waals surface area (Å²) in [6.45, 7) is -1.04. The van der Waals surface area contributed by atoms with E-state index in [0.29, 0.717) is 0 Å². The van der Waals surface area contributed by atoms with Gasteiger partial charge in [-0.1, -0.05) is 0 Å².